The molecule has 0 spiro atoms. The molecule has 0 aliphatic heterocycles. The van der Waals surface area contributed by atoms with Gasteiger partial charge in [0.2, 0.25) is 0 Å². The summed E-state index contributed by atoms with van der Waals surface area (Å²) in [5.41, 5.74) is 0.295. The van der Waals surface area contributed by atoms with Gasteiger partial charge in [0, 0.05) is 6.42 Å². The highest BCUT2D eigenvalue weighted by Gasteiger charge is 2.18. The molecule has 0 aliphatic carbocycles. The summed E-state index contributed by atoms with van der Waals surface area (Å²) < 4.78 is 5.13. The molecule has 1 atom stereocenters. The van der Waals surface area contributed by atoms with Gasteiger partial charge in [0.25, 0.3) is 0 Å². The van der Waals surface area contributed by atoms with Gasteiger partial charge in [0.15, 0.2) is 0 Å². The van der Waals surface area contributed by atoms with Gasteiger partial charge < -0.3 is 4.74 Å². The summed E-state index contributed by atoms with van der Waals surface area (Å²) >= 11 is 0. The number of rotatable bonds is 6. The monoisotopic (exact) mass is 214 g/mol. The molecule has 0 aromatic carbocycles. The SMILES string of the molecule is CCCCOC(=O)CC(C)CC(C)(C)C. The zero-order valence-corrected chi connectivity index (χ0v) is 10.9. The molecule has 0 saturated heterocycles. The van der Waals surface area contributed by atoms with Crippen molar-refractivity contribution in [1.29, 1.82) is 0 Å². The fourth-order valence-electron chi connectivity index (χ4n) is 1.79. The Morgan fingerprint density at radius 1 is 1.33 bits per heavy atom. The number of carbonyl (C=O) groups excluding carboxylic acids is 1. The highest BCUT2D eigenvalue weighted by molar-refractivity contribution is 5.69. The fraction of sp³-hybridized carbons (Fsp3) is 0.923. The molecule has 2 nitrogen and oxygen atoms in total. The van der Waals surface area contributed by atoms with E-state index in [0.29, 0.717) is 24.4 Å². The van der Waals surface area contributed by atoms with Gasteiger partial charge in [0.1, 0.15) is 0 Å². The van der Waals surface area contributed by atoms with E-state index in [1.165, 1.54) is 0 Å². The lowest BCUT2D eigenvalue weighted by Gasteiger charge is -2.22. The molecule has 0 aliphatic rings. The second-order valence-corrected chi connectivity index (χ2v) is 5.65. The second-order valence-electron chi connectivity index (χ2n) is 5.65. The third-order valence-corrected chi connectivity index (χ3v) is 2.24. The lowest BCUT2D eigenvalue weighted by molar-refractivity contribution is -0.144. The molecular formula is C13H26O2. The van der Waals surface area contributed by atoms with Crippen LogP contribution in [0.3, 0.4) is 0 Å². The van der Waals surface area contributed by atoms with Crippen LogP contribution in [0.25, 0.3) is 0 Å². The lowest BCUT2D eigenvalue weighted by Crippen LogP contribution is -2.16. The Kier molecular flexibility index (Phi) is 6.62. The van der Waals surface area contributed by atoms with Crippen molar-refractivity contribution in [3.8, 4) is 0 Å². The predicted octanol–water partition coefficient (Wildman–Crippen LogP) is 3.79. The fourth-order valence-corrected chi connectivity index (χ4v) is 1.79. The van der Waals surface area contributed by atoms with E-state index >= 15 is 0 Å². The number of carbonyl (C=O) groups is 1. The number of esters is 1. The molecule has 0 saturated carbocycles. The van der Waals surface area contributed by atoms with E-state index in [2.05, 4.69) is 34.6 Å². The first-order valence-corrected chi connectivity index (χ1v) is 6.00. The minimum absolute atomic E-state index is 0.0415. The average molecular weight is 214 g/mol. The maximum Gasteiger partial charge on any atom is 0.306 e. The molecule has 0 aromatic heterocycles. The molecule has 90 valence electrons. The smallest absolute Gasteiger partial charge is 0.306 e. The Labute approximate surface area is 94.4 Å². The van der Waals surface area contributed by atoms with Gasteiger partial charge in [-0.2, -0.15) is 0 Å². The number of hydrogen-bond donors (Lipinski definition) is 0. The summed E-state index contributed by atoms with van der Waals surface area (Å²) in [5, 5.41) is 0. The summed E-state index contributed by atoms with van der Waals surface area (Å²) in [7, 11) is 0. The minimum Gasteiger partial charge on any atom is -0.466 e. The number of ether oxygens (including phenoxy) is 1. The highest BCUT2D eigenvalue weighted by atomic mass is 16.5. The van der Waals surface area contributed by atoms with Crippen LogP contribution < -0.4 is 0 Å². The van der Waals surface area contributed by atoms with Crippen LogP contribution in [0.1, 0.15) is 60.3 Å². The molecule has 0 bridgehead atoms. The van der Waals surface area contributed by atoms with Gasteiger partial charge in [-0.1, -0.05) is 41.0 Å². The van der Waals surface area contributed by atoms with Crippen LogP contribution in [0.15, 0.2) is 0 Å². The Morgan fingerprint density at radius 2 is 1.93 bits per heavy atom. The summed E-state index contributed by atoms with van der Waals surface area (Å²) in [6.45, 7) is 11.4. The first kappa shape index (κ1) is 14.5. The van der Waals surface area contributed by atoms with E-state index in [-0.39, 0.29) is 5.97 Å². The Hall–Kier alpha value is -0.530. The van der Waals surface area contributed by atoms with Crippen molar-refractivity contribution in [3.63, 3.8) is 0 Å². The summed E-state index contributed by atoms with van der Waals surface area (Å²) in [6, 6.07) is 0. The minimum atomic E-state index is -0.0415. The van der Waals surface area contributed by atoms with Crippen molar-refractivity contribution in [2.45, 2.75) is 60.3 Å². The van der Waals surface area contributed by atoms with E-state index < -0.39 is 0 Å². The van der Waals surface area contributed by atoms with Crippen molar-refractivity contribution < 1.29 is 9.53 Å². The molecular weight excluding hydrogens is 188 g/mol. The van der Waals surface area contributed by atoms with Crippen molar-refractivity contribution >= 4 is 5.97 Å². The van der Waals surface area contributed by atoms with Crippen LogP contribution in [0.2, 0.25) is 0 Å². The van der Waals surface area contributed by atoms with E-state index in [9.17, 15) is 4.79 Å². The molecule has 0 N–H and O–H groups in total. The standard InChI is InChI=1S/C13H26O2/c1-6-7-8-15-12(14)9-11(2)10-13(3,4)5/h11H,6-10H2,1-5H3. The summed E-state index contributed by atoms with van der Waals surface area (Å²) in [6.07, 6.45) is 3.67. The normalized spacial score (nSPS) is 13.7. The maximum absolute atomic E-state index is 11.4. The van der Waals surface area contributed by atoms with Gasteiger partial charge in [-0.3, -0.25) is 4.79 Å². The lowest BCUT2D eigenvalue weighted by atomic mass is 9.84. The molecule has 15 heavy (non-hydrogen) atoms. The van der Waals surface area contributed by atoms with Gasteiger partial charge >= 0.3 is 5.97 Å². The van der Waals surface area contributed by atoms with E-state index in [0.717, 1.165) is 19.3 Å². The van der Waals surface area contributed by atoms with Crippen LogP contribution >= 0.6 is 0 Å². The van der Waals surface area contributed by atoms with Gasteiger partial charge in [-0.05, 0) is 24.2 Å². The highest BCUT2D eigenvalue weighted by Crippen LogP contribution is 2.26. The van der Waals surface area contributed by atoms with Crippen molar-refractivity contribution in [2.24, 2.45) is 11.3 Å². The Balaban J connectivity index is 3.67. The molecule has 0 amide bonds. The third-order valence-electron chi connectivity index (χ3n) is 2.24. The zero-order valence-electron chi connectivity index (χ0n) is 10.9. The molecule has 0 fully saturated rings. The van der Waals surface area contributed by atoms with Crippen molar-refractivity contribution in [1.82, 2.24) is 0 Å². The Morgan fingerprint density at radius 3 is 2.40 bits per heavy atom. The number of hydrogen-bond acceptors (Lipinski definition) is 2. The van der Waals surface area contributed by atoms with E-state index in [4.69, 9.17) is 4.74 Å². The van der Waals surface area contributed by atoms with Crippen molar-refractivity contribution in [3.05, 3.63) is 0 Å². The van der Waals surface area contributed by atoms with Crippen molar-refractivity contribution in [2.75, 3.05) is 6.61 Å². The largest absolute Gasteiger partial charge is 0.466 e. The summed E-state index contributed by atoms with van der Waals surface area (Å²) in [5.74, 6) is 0.374. The molecule has 2 heteroatoms. The first-order chi connectivity index (χ1) is 6.85. The number of unbranched alkanes of at least 4 members (excludes halogenated alkanes) is 1. The molecule has 0 radical (unpaired) electrons. The van der Waals surface area contributed by atoms with Crippen LogP contribution in [-0.4, -0.2) is 12.6 Å². The van der Waals surface area contributed by atoms with Crippen LogP contribution in [0.5, 0.6) is 0 Å². The van der Waals surface area contributed by atoms with Gasteiger partial charge in [-0.15, -0.1) is 0 Å². The topological polar surface area (TPSA) is 26.3 Å². The average Bonchev–Trinajstić information content (AvgIpc) is 2.00. The zero-order chi connectivity index (χ0) is 11.9. The third kappa shape index (κ3) is 9.77. The van der Waals surface area contributed by atoms with Gasteiger partial charge in [0.05, 0.1) is 6.61 Å². The molecule has 0 rings (SSSR count). The molecule has 0 heterocycles. The predicted molar refractivity (Wildman–Crippen MR) is 63.7 cm³/mol. The van der Waals surface area contributed by atoms with E-state index in [1.54, 1.807) is 0 Å². The van der Waals surface area contributed by atoms with Crippen LogP contribution in [0.4, 0.5) is 0 Å². The second kappa shape index (κ2) is 6.86. The maximum atomic E-state index is 11.4. The van der Waals surface area contributed by atoms with Crippen LogP contribution in [0, 0.1) is 11.3 Å². The Bertz CT molecular complexity index is 179. The van der Waals surface area contributed by atoms with E-state index in [1.807, 2.05) is 0 Å². The van der Waals surface area contributed by atoms with Crippen LogP contribution in [-0.2, 0) is 9.53 Å². The molecule has 1 unspecified atom stereocenters. The van der Waals surface area contributed by atoms with Gasteiger partial charge in [-0.25, -0.2) is 0 Å². The molecule has 0 aromatic rings. The quantitative estimate of drug-likeness (QED) is 0.496. The first-order valence-electron chi connectivity index (χ1n) is 6.00. The summed E-state index contributed by atoms with van der Waals surface area (Å²) in [4.78, 5) is 11.4.